The molecule has 0 fully saturated rings. The second-order valence-corrected chi connectivity index (χ2v) is 6.79. The lowest BCUT2D eigenvalue weighted by Gasteiger charge is -2.23. The van der Waals surface area contributed by atoms with Gasteiger partial charge in [0.15, 0.2) is 0 Å². The number of oxime groups is 1. The van der Waals surface area contributed by atoms with Crippen LogP contribution in [0.2, 0.25) is 0 Å². The number of amides is 1. The monoisotopic (exact) mass is 351 g/mol. The molecule has 0 unspecified atom stereocenters. The average Bonchev–Trinajstić information content (AvgIpc) is 2.97. The Morgan fingerprint density at radius 2 is 2.33 bits per heavy atom. The highest BCUT2D eigenvalue weighted by Gasteiger charge is 2.40. The van der Waals surface area contributed by atoms with Crippen molar-refractivity contribution >= 4 is 28.4 Å². The van der Waals surface area contributed by atoms with E-state index in [1.165, 1.54) is 17.8 Å². The van der Waals surface area contributed by atoms with Crippen molar-refractivity contribution in [3.05, 3.63) is 34.4 Å². The smallest absolute Gasteiger partial charge is 0.335 e. The normalized spacial score (nSPS) is 22.1. The molecule has 2 heterocycles. The number of hydrogen-bond acceptors (Lipinski definition) is 7. The van der Waals surface area contributed by atoms with Gasteiger partial charge in [0.25, 0.3) is 0 Å². The Morgan fingerprint density at radius 1 is 1.58 bits per heavy atom. The summed E-state index contributed by atoms with van der Waals surface area (Å²) in [4.78, 5) is 28.5. The highest BCUT2D eigenvalue weighted by molar-refractivity contribution is 8.16. The molecule has 1 amide bonds. The van der Waals surface area contributed by atoms with Crippen LogP contribution in [0.3, 0.4) is 0 Å². The first-order valence-electron chi connectivity index (χ1n) is 7.72. The van der Waals surface area contributed by atoms with Gasteiger partial charge in [-0.2, -0.15) is 0 Å². The zero-order valence-corrected chi connectivity index (χ0v) is 14.7. The van der Waals surface area contributed by atoms with E-state index in [-0.39, 0.29) is 11.9 Å². The van der Waals surface area contributed by atoms with Crippen LogP contribution in [0.15, 0.2) is 37.6 Å². The van der Waals surface area contributed by atoms with Crippen LogP contribution in [-0.2, 0) is 4.79 Å². The van der Waals surface area contributed by atoms with Crippen molar-refractivity contribution in [3.63, 3.8) is 0 Å². The molecular formula is C16H21N3O4S. The summed E-state index contributed by atoms with van der Waals surface area (Å²) < 4.78 is 5.20. The zero-order valence-electron chi connectivity index (χ0n) is 13.9. The Bertz CT molecular complexity index is 728. The number of nitrogens with zero attached hydrogens (tertiary/aromatic N) is 2. The van der Waals surface area contributed by atoms with Gasteiger partial charge < -0.3 is 14.9 Å². The minimum Gasteiger partial charge on any atom is -0.426 e. The van der Waals surface area contributed by atoms with Gasteiger partial charge in [0.05, 0.1) is 6.04 Å². The number of rotatable bonds is 6. The Morgan fingerprint density at radius 3 is 2.96 bits per heavy atom. The summed E-state index contributed by atoms with van der Waals surface area (Å²) >= 11 is 1.37. The zero-order chi connectivity index (χ0) is 17.7. The van der Waals surface area contributed by atoms with Crippen molar-refractivity contribution in [1.29, 1.82) is 0 Å². The number of nitrogens with one attached hydrogen (secondary N) is 1. The lowest BCUT2D eigenvalue weighted by Crippen LogP contribution is -2.45. The standard InChI is InChI=1S/C16H21N3O4S/c1-4-6-11(12-7-5-8-13(20)23-12)17-15(21)16(3)9-24-14(18-16)10(2)19-22/h5,7-8,11,22H,4,6,9H2,1-3H3,(H,17,21)/b19-10+/t11-,16+/m1/s1. The van der Waals surface area contributed by atoms with Gasteiger partial charge in [0, 0.05) is 11.8 Å². The Balaban J connectivity index is 2.19. The molecule has 2 rings (SSSR count). The van der Waals surface area contributed by atoms with E-state index in [1.54, 1.807) is 26.0 Å². The second-order valence-electron chi connectivity index (χ2n) is 5.83. The minimum atomic E-state index is -0.951. The van der Waals surface area contributed by atoms with E-state index in [2.05, 4.69) is 15.5 Å². The van der Waals surface area contributed by atoms with Crippen LogP contribution in [0.1, 0.15) is 45.4 Å². The Labute approximate surface area is 144 Å². The molecule has 2 N–H and O–H groups in total. The second kappa shape index (κ2) is 7.65. The molecule has 1 aromatic heterocycles. The number of carbonyl (C=O) groups is 1. The summed E-state index contributed by atoms with van der Waals surface area (Å²) in [5, 5.41) is 15.4. The molecule has 1 aliphatic rings. The number of hydrogen-bond donors (Lipinski definition) is 2. The van der Waals surface area contributed by atoms with E-state index >= 15 is 0 Å². The van der Waals surface area contributed by atoms with E-state index in [1.807, 2.05) is 6.92 Å². The van der Waals surface area contributed by atoms with Gasteiger partial charge >= 0.3 is 5.63 Å². The van der Waals surface area contributed by atoms with Crippen LogP contribution in [0.4, 0.5) is 0 Å². The molecule has 2 atom stereocenters. The summed E-state index contributed by atoms with van der Waals surface area (Å²) in [6, 6.07) is 4.24. The predicted octanol–water partition coefficient (Wildman–Crippen LogP) is 2.35. The van der Waals surface area contributed by atoms with Crippen LogP contribution >= 0.6 is 11.8 Å². The van der Waals surface area contributed by atoms with Gasteiger partial charge in [-0.3, -0.25) is 9.79 Å². The maximum absolute atomic E-state index is 12.7. The van der Waals surface area contributed by atoms with E-state index in [9.17, 15) is 9.59 Å². The largest absolute Gasteiger partial charge is 0.426 e. The number of thioether (sulfide) groups is 1. The molecule has 0 saturated carbocycles. The van der Waals surface area contributed by atoms with Crippen molar-refractivity contribution in [3.8, 4) is 0 Å². The maximum atomic E-state index is 12.7. The van der Waals surface area contributed by atoms with Crippen LogP contribution in [-0.4, -0.2) is 33.2 Å². The van der Waals surface area contributed by atoms with Crippen LogP contribution < -0.4 is 10.9 Å². The Hall–Kier alpha value is -2.09. The van der Waals surface area contributed by atoms with Crippen LogP contribution in [0.25, 0.3) is 0 Å². The van der Waals surface area contributed by atoms with Gasteiger partial charge in [0.1, 0.15) is 22.1 Å². The maximum Gasteiger partial charge on any atom is 0.335 e. The van der Waals surface area contributed by atoms with Gasteiger partial charge in [-0.05, 0) is 26.3 Å². The summed E-state index contributed by atoms with van der Waals surface area (Å²) in [7, 11) is 0. The molecule has 0 bridgehead atoms. The SMILES string of the molecule is CCC[C@@H](NC(=O)[C@]1(C)CSC(/C(C)=N/O)=N1)c1cccc(=O)o1. The molecule has 7 nitrogen and oxygen atoms in total. The van der Waals surface area contributed by atoms with E-state index < -0.39 is 11.2 Å². The van der Waals surface area contributed by atoms with Crippen LogP contribution in [0, 0.1) is 0 Å². The fourth-order valence-corrected chi connectivity index (χ4v) is 3.45. The molecule has 130 valence electrons. The molecule has 0 spiro atoms. The third-order valence-electron chi connectivity index (χ3n) is 3.72. The van der Waals surface area contributed by atoms with Gasteiger partial charge in [0.2, 0.25) is 5.91 Å². The van der Waals surface area contributed by atoms with Gasteiger partial charge in [-0.1, -0.05) is 24.6 Å². The predicted molar refractivity (Wildman–Crippen MR) is 94.0 cm³/mol. The first-order valence-corrected chi connectivity index (χ1v) is 8.71. The van der Waals surface area contributed by atoms with E-state index in [0.717, 1.165) is 6.42 Å². The van der Waals surface area contributed by atoms with E-state index in [0.29, 0.717) is 28.7 Å². The molecule has 0 aliphatic carbocycles. The van der Waals surface area contributed by atoms with Crippen molar-refractivity contribution in [2.45, 2.75) is 45.2 Å². The Kier molecular flexibility index (Phi) is 5.82. The molecule has 0 saturated heterocycles. The first kappa shape index (κ1) is 18.3. The fraction of sp³-hybridized carbons (Fsp3) is 0.500. The summed E-state index contributed by atoms with van der Waals surface area (Å²) in [6.07, 6.45) is 1.47. The topological polar surface area (TPSA) is 104 Å². The average molecular weight is 351 g/mol. The van der Waals surface area contributed by atoms with Gasteiger partial charge in [-0.25, -0.2) is 4.79 Å². The highest BCUT2D eigenvalue weighted by Crippen LogP contribution is 2.30. The van der Waals surface area contributed by atoms with E-state index in [4.69, 9.17) is 9.62 Å². The molecule has 1 aliphatic heterocycles. The highest BCUT2D eigenvalue weighted by atomic mass is 32.2. The lowest BCUT2D eigenvalue weighted by molar-refractivity contribution is -0.125. The molecule has 0 aromatic carbocycles. The third-order valence-corrected chi connectivity index (χ3v) is 5.09. The van der Waals surface area contributed by atoms with Gasteiger partial charge in [-0.15, -0.1) is 11.8 Å². The summed E-state index contributed by atoms with van der Waals surface area (Å²) in [5.74, 6) is 0.642. The number of carbonyl (C=O) groups excluding carboxylic acids is 1. The molecule has 1 aromatic rings. The third kappa shape index (κ3) is 4.05. The van der Waals surface area contributed by atoms with Crippen molar-refractivity contribution in [2.75, 3.05) is 5.75 Å². The summed E-state index contributed by atoms with van der Waals surface area (Å²) in [6.45, 7) is 5.36. The molecular weight excluding hydrogens is 330 g/mol. The molecule has 8 heteroatoms. The molecule has 24 heavy (non-hydrogen) atoms. The molecule has 0 radical (unpaired) electrons. The summed E-state index contributed by atoms with van der Waals surface area (Å²) in [5.41, 5.74) is -1.01. The number of aliphatic imine (C=N–C) groups is 1. The fourth-order valence-electron chi connectivity index (χ4n) is 2.32. The lowest BCUT2D eigenvalue weighted by atomic mass is 10.0. The van der Waals surface area contributed by atoms with Crippen LogP contribution in [0.5, 0.6) is 0 Å². The van der Waals surface area contributed by atoms with Crippen molar-refractivity contribution in [1.82, 2.24) is 5.32 Å². The minimum absolute atomic E-state index is 0.249. The first-order chi connectivity index (χ1) is 11.4. The van der Waals surface area contributed by atoms with Crippen molar-refractivity contribution < 1.29 is 14.4 Å². The quantitative estimate of drug-likeness (QED) is 0.465. The van der Waals surface area contributed by atoms with Crippen molar-refractivity contribution in [2.24, 2.45) is 10.1 Å².